The molecule has 2 aromatic rings. The molecule has 0 spiro atoms. The minimum Gasteiger partial charge on any atom is -0.492 e. The van der Waals surface area contributed by atoms with Crippen LogP contribution in [0.25, 0.3) is 0 Å². The molecule has 0 amide bonds. The van der Waals surface area contributed by atoms with Crippen LogP contribution in [-0.2, 0) is 0 Å². The molecule has 3 heteroatoms. The predicted molar refractivity (Wildman–Crippen MR) is 85.7 cm³/mol. The summed E-state index contributed by atoms with van der Waals surface area (Å²) in [4.78, 5) is 2.41. The first-order valence-electron chi connectivity index (χ1n) is 6.99. The summed E-state index contributed by atoms with van der Waals surface area (Å²) in [6, 6.07) is 18.6. The van der Waals surface area contributed by atoms with Gasteiger partial charge < -0.3 is 10.1 Å². The number of nitrogens with one attached hydrogen (secondary N) is 1. The first-order chi connectivity index (χ1) is 9.90. The lowest BCUT2D eigenvalue weighted by Gasteiger charge is -2.11. The Balaban J connectivity index is 1.92. The zero-order valence-electron chi connectivity index (χ0n) is 11.8. The van der Waals surface area contributed by atoms with E-state index in [1.54, 1.807) is 11.8 Å². The van der Waals surface area contributed by atoms with Crippen molar-refractivity contribution in [3.05, 3.63) is 54.6 Å². The average Bonchev–Trinajstić information content (AvgIpc) is 2.50. The molecule has 106 valence electrons. The van der Waals surface area contributed by atoms with Gasteiger partial charge in [-0.1, -0.05) is 42.1 Å². The second kappa shape index (κ2) is 8.67. The molecule has 0 heterocycles. The number of unbranched alkanes of at least 4 members (excludes halogenated alkanes) is 1. The van der Waals surface area contributed by atoms with E-state index in [0.29, 0.717) is 0 Å². The van der Waals surface area contributed by atoms with Gasteiger partial charge in [-0.15, -0.1) is 0 Å². The van der Waals surface area contributed by atoms with Gasteiger partial charge in [0.1, 0.15) is 5.75 Å². The van der Waals surface area contributed by atoms with E-state index in [1.807, 2.05) is 25.2 Å². The molecule has 0 aromatic heterocycles. The van der Waals surface area contributed by atoms with Crippen molar-refractivity contribution >= 4 is 11.8 Å². The third-order valence-electron chi connectivity index (χ3n) is 2.90. The summed E-state index contributed by atoms with van der Waals surface area (Å²) in [5.74, 6) is 0.978. The van der Waals surface area contributed by atoms with E-state index in [9.17, 15) is 0 Å². The second-order valence-corrected chi connectivity index (χ2v) is 5.64. The quantitative estimate of drug-likeness (QED) is 0.735. The molecule has 0 fully saturated rings. The number of rotatable bonds is 8. The Morgan fingerprint density at radius 3 is 2.50 bits per heavy atom. The van der Waals surface area contributed by atoms with Crippen molar-refractivity contribution in [2.45, 2.75) is 22.6 Å². The third kappa shape index (κ3) is 4.91. The topological polar surface area (TPSA) is 21.3 Å². The SMILES string of the molecule is CNCCCCOc1ccccc1Sc1ccccc1. The highest BCUT2D eigenvalue weighted by atomic mass is 32.2. The van der Waals surface area contributed by atoms with Crippen molar-refractivity contribution in [1.29, 1.82) is 0 Å². The number of benzene rings is 2. The third-order valence-corrected chi connectivity index (χ3v) is 3.96. The summed E-state index contributed by atoms with van der Waals surface area (Å²) >= 11 is 1.75. The van der Waals surface area contributed by atoms with Crippen molar-refractivity contribution < 1.29 is 4.74 Å². The first kappa shape index (κ1) is 14.9. The zero-order chi connectivity index (χ0) is 14.0. The van der Waals surface area contributed by atoms with Gasteiger partial charge in [-0.3, -0.25) is 0 Å². The molecule has 0 radical (unpaired) electrons. The maximum atomic E-state index is 5.91. The van der Waals surface area contributed by atoms with Crippen molar-refractivity contribution in [3.8, 4) is 5.75 Å². The number of hydrogen-bond acceptors (Lipinski definition) is 3. The van der Waals surface area contributed by atoms with Gasteiger partial charge in [0.05, 0.1) is 11.5 Å². The molecule has 0 saturated heterocycles. The van der Waals surface area contributed by atoms with Crippen molar-refractivity contribution in [1.82, 2.24) is 5.32 Å². The summed E-state index contributed by atoms with van der Waals surface area (Å²) in [5, 5.41) is 3.15. The van der Waals surface area contributed by atoms with E-state index in [2.05, 4.69) is 41.7 Å². The summed E-state index contributed by atoms with van der Waals surface area (Å²) in [5.41, 5.74) is 0. The molecular formula is C17H21NOS. The van der Waals surface area contributed by atoms with Gasteiger partial charge in [-0.2, -0.15) is 0 Å². The van der Waals surface area contributed by atoms with Crippen molar-refractivity contribution in [2.24, 2.45) is 0 Å². The van der Waals surface area contributed by atoms with E-state index >= 15 is 0 Å². The van der Waals surface area contributed by atoms with Crippen LogP contribution in [0.15, 0.2) is 64.4 Å². The van der Waals surface area contributed by atoms with E-state index in [4.69, 9.17) is 4.74 Å². The van der Waals surface area contributed by atoms with E-state index in [-0.39, 0.29) is 0 Å². The molecule has 20 heavy (non-hydrogen) atoms. The first-order valence-corrected chi connectivity index (χ1v) is 7.81. The highest BCUT2D eigenvalue weighted by Gasteiger charge is 2.04. The molecule has 0 aliphatic rings. The lowest BCUT2D eigenvalue weighted by Crippen LogP contribution is -2.09. The number of ether oxygens (including phenoxy) is 1. The van der Waals surface area contributed by atoms with Gasteiger partial charge in [-0.25, -0.2) is 0 Å². The molecule has 2 rings (SSSR count). The van der Waals surface area contributed by atoms with Gasteiger partial charge in [0, 0.05) is 4.90 Å². The Labute approximate surface area is 125 Å². The lowest BCUT2D eigenvalue weighted by atomic mass is 10.3. The van der Waals surface area contributed by atoms with Crippen LogP contribution in [0.3, 0.4) is 0 Å². The Morgan fingerprint density at radius 2 is 1.70 bits per heavy atom. The highest BCUT2D eigenvalue weighted by Crippen LogP contribution is 2.34. The van der Waals surface area contributed by atoms with Crippen LogP contribution < -0.4 is 10.1 Å². The molecule has 2 nitrogen and oxygen atoms in total. The smallest absolute Gasteiger partial charge is 0.133 e. The Morgan fingerprint density at radius 1 is 0.950 bits per heavy atom. The second-order valence-electron chi connectivity index (χ2n) is 4.52. The van der Waals surface area contributed by atoms with Crippen molar-refractivity contribution in [2.75, 3.05) is 20.2 Å². The molecule has 1 N–H and O–H groups in total. The molecule has 0 aliphatic carbocycles. The fourth-order valence-electron chi connectivity index (χ4n) is 1.86. The predicted octanol–water partition coefficient (Wildman–Crippen LogP) is 4.22. The number of para-hydroxylation sites is 1. The normalized spacial score (nSPS) is 10.4. The lowest BCUT2D eigenvalue weighted by molar-refractivity contribution is 0.300. The zero-order valence-corrected chi connectivity index (χ0v) is 12.7. The molecule has 0 aliphatic heterocycles. The summed E-state index contributed by atoms with van der Waals surface area (Å²) in [7, 11) is 1.98. The Kier molecular flexibility index (Phi) is 6.48. The van der Waals surface area contributed by atoms with E-state index in [1.165, 1.54) is 9.79 Å². The fourth-order valence-corrected chi connectivity index (χ4v) is 2.78. The highest BCUT2D eigenvalue weighted by molar-refractivity contribution is 7.99. The molecular weight excluding hydrogens is 266 g/mol. The van der Waals surface area contributed by atoms with Gasteiger partial charge in [0.15, 0.2) is 0 Å². The van der Waals surface area contributed by atoms with Crippen LogP contribution >= 0.6 is 11.8 Å². The molecule has 0 saturated carbocycles. The minimum absolute atomic E-state index is 0.772. The Bertz CT molecular complexity index is 501. The number of hydrogen-bond donors (Lipinski definition) is 1. The van der Waals surface area contributed by atoms with Crippen LogP contribution in [0.4, 0.5) is 0 Å². The summed E-state index contributed by atoms with van der Waals surface area (Å²) in [6.45, 7) is 1.82. The average molecular weight is 287 g/mol. The van der Waals surface area contributed by atoms with Crippen LogP contribution in [0.5, 0.6) is 5.75 Å². The largest absolute Gasteiger partial charge is 0.492 e. The minimum atomic E-state index is 0.772. The van der Waals surface area contributed by atoms with Crippen molar-refractivity contribution in [3.63, 3.8) is 0 Å². The fraction of sp³-hybridized carbons (Fsp3) is 0.294. The summed E-state index contributed by atoms with van der Waals surface area (Å²) in [6.07, 6.45) is 2.22. The van der Waals surface area contributed by atoms with E-state index in [0.717, 1.165) is 31.7 Å². The van der Waals surface area contributed by atoms with Gasteiger partial charge in [-0.05, 0) is 50.7 Å². The van der Waals surface area contributed by atoms with Crippen LogP contribution in [-0.4, -0.2) is 20.2 Å². The molecule has 2 aromatic carbocycles. The Hall–Kier alpha value is -1.45. The maximum Gasteiger partial charge on any atom is 0.133 e. The monoisotopic (exact) mass is 287 g/mol. The standard InChI is InChI=1S/C17H21NOS/c1-18-13-7-8-14-19-16-11-5-6-12-17(16)20-15-9-3-2-4-10-15/h2-6,9-12,18H,7-8,13-14H2,1H3. The maximum absolute atomic E-state index is 5.91. The molecule has 0 atom stereocenters. The van der Waals surface area contributed by atoms with Gasteiger partial charge in [0.2, 0.25) is 0 Å². The van der Waals surface area contributed by atoms with Gasteiger partial charge in [0.25, 0.3) is 0 Å². The summed E-state index contributed by atoms with van der Waals surface area (Å²) < 4.78 is 5.91. The van der Waals surface area contributed by atoms with Crippen LogP contribution in [0.1, 0.15) is 12.8 Å². The van der Waals surface area contributed by atoms with Crippen LogP contribution in [0, 0.1) is 0 Å². The van der Waals surface area contributed by atoms with Gasteiger partial charge >= 0.3 is 0 Å². The van der Waals surface area contributed by atoms with E-state index < -0.39 is 0 Å². The molecule has 0 bridgehead atoms. The van der Waals surface area contributed by atoms with Crippen LogP contribution in [0.2, 0.25) is 0 Å². The molecule has 0 unspecified atom stereocenters.